The van der Waals surface area contributed by atoms with Gasteiger partial charge < -0.3 is 15.2 Å². The molecule has 0 radical (unpaired) electrons. The summed E-state index contributed by atoms with van der Waals surface area (Å²) in [5.74, 6) is 0.967. The van der Waals surface area contributed by atoms with E-state index in [4.69, 9.17) is 4.52 Å². The lowest BCUT2D eigenvalue weighted by molar-refractivity contribution is -0.125. The van der Waals surface area contributed by atoms with Crippen LogP contribution in [0.5, 0.6) is 0 Å². The van der Waals surface area contributed by atoms with Crippen molar-refractivity contribution in [3.63, 3.8) is 0 Å². The molecular weight excluding hydrogens is 272 g/mol. The smallest absolute Gasteiger partial charge is 0.321 e. The predicted octanol–water partition coefficient (Wildman–Crippen LogP) is 1.62. The Morgan fingerprint density at radius 3 is 2.76 bits per heavy atom. The maximum absolute atomic E-state index is 11.9. The van der Waals surface area contributed by atoms with Gasteiger partial charge in [-0.2, -0.15) is 0 Å². The lowest BCUT2D eigenvalue weighted by Gasteiger charge is -2.28. The van der Waals surface area contributed by atoms with E-state index in [9.17, 15) is 9.59 Å². The Morgan fingerprint density at radius 2 is 2.19 bits per heavy atom. The zero-order valence-electron chi connectivity index (χ0n) is 12.8. The number of hydrogen-bond donors (Lipinski definition) is 3. The fourth-order valence-electron chi connectivity index (χ4n) is 2.15. The normalized spacial score (nSPS) is 22.6. The highest BCUT2D eigenvalue weighted by atomic mass is 16.5. The summed E-state index contributed by atoms with van der Waals surface area (Å²) in [6.07, 6.45) is 0.842. The molecule has 2 unspecified atom stereocenters. The van der Waals surface area contributed by atoms with Gasteiger partial charge in [0.05, 0.1) is 0 Å². The van der Waals surface area contributed by atoms with Gasteiger partial charge in [0.25, 0.3) is 0 Å². The van der Waals surface area contributed by atoms with Crippen molar-refractivity contribution in [1.82, 2.24) is 15.8 Å². The second-order valence-electron chi connectivity index (χ2n) is 6.46. The molecule has 1 aliphatic heterocycles. The van der Waals surface area contributed by atoms with Crippen molar-refractivity contribution < 1.29 is 14.1 Å². The van der Waals surface area contributed by atoms with Gasteiger partial charge in [0, 0.05) is 18.0 Å². The van der Waals surface area contributed by atoms with E-state index in [-0.39, 0.29) is 17.2 Å². The summed E-state index contributed by atoms with van der Waals surface area (Å²) in [4.78, 5) is 23.7. The maximum atomic E-state index is 11.9. The third-order valence-electron chi connectivity index (χ3n) is 3.53. The molecule has 1 saturated heterocycles. The van der Waals surface area contributed by atoms with Gasteiger partial charge in [0.1, 0.15) is 11.8 Å². The van der Waals surface area contributed by atoms with E-state index in [1.54, 1.807) is 6.07 Å². The highest BCUT2D eigenvalue weighted by Gasteiger charge is 2.30. The molecule has 3 N–H and O–H groups in total. The number of aromatic nitrogens is 1. The second-order valence-corrected chi connectivity index (χ2v) is 6.46. The minimum atomic E-state index is -0.521. The Balaban J connectivity index is 1.95. The fourth-order valence-corrected chi connectivity index (χ4v) is 2.15. The van der Waals surface area contributed by atoms with E-state index in [1.807, 2.05) is 27.7 Å². The minimum Gasteiger partial charge on any atom is -0.359 e. The number of nitrogens with zero attached hydrogens (tertiary/aromatic N) is 1. The van der Waals surface area contributed by atoms with Gasteiger partial charge in [-0.05, 0) is 12.3 Å². The average Bonchev–Trinajstić information content (AvgIpc) is 2.82. The van der Waals surface area contributed by atoms with Crippen LogP contribution in [0.3, 0.4) is 0 Å². The van der Waals surface area contributed by atoms with Gasteiger partial charge >= 0.3 is 6.03 Å². The highest BCUT2D eigenvalue weighted by Crippen LogP contribution is 2.24. The van der Waals surface area contributed by atoms with Gasteiger partial charge in [-0.1, -0.05) is 32.9 Å². The molecule has 116 valence electrons. The quantitative estimate of drug-likeness (QED) is 0.772. The number of piperidine rings is 1. The lowest BCUT2D eigenvalue weighted by atomic mass is 9.93. The number of rotatable bonds is 2. The zero-order chi connectivity index (χ0) is 15.6. The zero-order valence-corrected chi connectivity index (χ0v) is 12.8. The van der Waals surface area contributed by atoms with Gasteiger partial charge in [-0.3, -0.25) is 10.1 Å². The maximum Gasteiger partial charge on any atom is 0.321 e. The van der Waals surface area contributed by atoms with Crippen molar-refractivity contribution in [2.45, 2.75) is 45.6 Å². The first kappa shape index (κ1) is 15.3. The van der Waals surface area contributed by atoms with Crippen molar-refractivity contribution in [2.75, 3.05) is 11.9 Å². The Kier molecular flexibility index (Phi) is 4.20. The summed E-state index contributed by atoms with van der Waals surface area (Å²) in [6.45, 7) is 8.57. The number of anilines is 1. The number of amides is 3. The Labute approximate surface area is 123 Å². The Morgan fingerprint density at radius 1 is 1.48 bits per heavy atom. The summed E-state index contributed by atoms with van der Waals surface area (Å²) in [5.41, 5.74) is -0.179. The molecule has 1 fully saturated rings. The largest absolute Gasteiger partial charge is 0.359 e. The van der Waals surface area contributed by atoms with Crippen LogP contribution in [0.1, 0.15) is 39.9 Å². The van der Waals surface area contributed by atoms with Crippen LogP contribution in [-0.4, -0.2) is 29.7 Å². The summed E-state index contributed by atoms with van der Waals surface area (Å²) in [5, 5.41) is 11.8. The molecule has 0 aliphatic carbocycles. The number of urea groups is 1. The van der Waals surface area contributed by atoms with Crippen molar-refractivity contribution in [3.05, 3.63) is 11.8 Å². The highest BCUT2D eigenvalue weighted by molar-refractivity contribution is 5.93. The first-order valence-electron chi connectivity index (χ1n) is 7.10. The summed E-state index contributed by atoms with van der Waals surface area (Å²) in [6, 6.07) is 0.703. The van der Waals surface area contributed by atoms with E-state index in [1.165, 1.54) is 0 Å². The van der Waals surface area contributed by atoms with Gasteiger partial charge in [0.15, 0.2) is 5.82 Å². The molecule has 2 rings (SSSR count). The number of nitrogens with one attached hydrogen (secondary N) is 3. The minimum absolute atomic E-state index is 0.104. The molecule has 1 aromatic rings. The number of carbonyl (C=O) groups is 2. The summed E-state index contributed by atoms with van der Waals surface area (Å²) < 4.78 is 5.19. The fraction of sp³-hybridized carbons (Fsp3) is 0.643. The lowest BCUT2D eigenvalue weighted by Crippen LogP contribution is -2.55. The number of hydrogen-bond acceptors (Lipinski definition) is 4. The van der Waals surface area contributed by atoms with E-state index < -0.39 is 12.1 Å². The van der Waals surface area contributed by atoms with Crippen LogP contribution in [0.15, 0.2) is 10.6 Å². The molecule has 3 amide bonds. The molecule has 1 aliphatic rings. The SMILES string of the molecule is CC1CCNC(=O)C1NC(=O)Nc1cc(C(C)(C)C)on1. The van der Waals surface area contributed by atoms with Gasteiger partial charge in [-0.25, -0.2) is 4.79 Å². The monoisotopic (exact) mass is 294 g/mol. The van der Waals surface area contributed by atoms with Crippen molar-refractivity contribution >= 4 is 17.8 Å². The first-order chi connectivity index (χ1) is 9.77. The molecular formula is C14H22N4O3. The average molecular weight is 294 g/mol. The van der Waals surface area contributed by atoms with Crippen LogP contribution < -0.4 is 16.0 Å². The molecule has 2 heterocycles. The molecule has 7 heteroatoms. The first-order valence-corrected chi connectivity index (χ1v) is 7.10. The van der Waals surface area contributed by atoms with Crippen LogP contribution in [-0.2, 0) is 10.2 Å². The second kappa shape index (κ2) is 5.75. The molecule has 0 bridgehead atoms. The third kappa shape index (κ3) is 3.74. The van der Waals surface area contributed by atoms with Gasteiger partial charge in [0.2, 0.25) is 5.91 Å². The third-order valence-corrected chi connectivity index (χ3v) is 3.53. The molecule has 1 aromatic heterocycles. The van der Waals surface area contributed by atoms with Crippen molar-refractivity contribution in [3.8, 4) is 0 Å². The molecule has 2 atom stereocenters. The van der Waals surface area contributed by atoms with Crippen LogP contribution in [0.25, 0.3) is 0 Å². The summed E-state index contributed by atoms with van der Waals surface area (Å²) in [7, 11) is 0. The predicted molar refractivity (Wildman–Crippen MR) is 77.9 cm³/mol. The molecule has 0 saturated carbocycles. The molecule has 21 heavy (non-hydrogen) atoms. The van der Waals surface area contributed by atoms with Crippen LogP contribution in [0.2, 0.25) is 0 Å². The van der Waals surface area contributed by atoms with E-state index >= 15 is 0 Å². The Bertz CT molecular complexity index is 533. The van der Waals surface area contributed by atoms with Crippen LogP contribution in [0, 0.1) is 5.92 Å². The summed E-state index contributed by atoms with van der Waals surface area (Å²) >= 11 is 0. The standard InChI is InChI=1S/C14H22N4O3/c1-8-5-6-15-12(19)11(8)17-13(20)16-10-7-9(21-18-10)14(2,3)4/h7-8,11H,5-6H2,1-4H3,(H,15,19)(H2,16,17,18,20). The molecule has 0 spiro atoms. The van der Waals surface area contributed by atoms with E-state index in [0.29, 0.717) is 18.1 Å². The molecule has 0 aromatic carbocycles. The van der Waals surface area contributed by atoms with E-state index in [0.717, 1.165) is 6.42 Å². The Hall–Kier alpha value is -2.05. The van der Waals surface area contributed by atoms with Crippen LogP contribution in [0.4, 0.5) is 10.6 Å². The van der Waals surface area contributed by atoms with Gasteiger partial charge in [-0.15, -0.1) is 0 Å². The number of carbonyl (C=O) groups excluding carboxylic acids is 2. The topological polar surface area (TPSA) is 96.3 Å². The van der Waals surface area contributed by atoms with E-state index in [2.05, 4.69) is 21.1 Å². The van der Waals surface area contributed by atoms with Crippen molar-refractivity contribution in [1.29, 1.82) is 0 Å². The van der Waals surface area contributed by atoms with Crippen LogP contribution >= 0.6 is 0 Å². The van der Waals surface area contributed by atoms with Crippen molar-refractivity contribution in [2.24, 2.45) is 5.92 Å². The molecule has 7 nitrogen and oxygen atoms in total.